The Balaban J connectivity index is 1.86. The van der Waals surface area contributed by atoms with E-state index >= 15 is 0 Å². The molecule has 6 heteroatoms. The molecule has 6 nitrogen and oxygen atoms in total. The van der Waals surface area contributed by atoms with E-state index in [0.29, 0.717) is 18.0 Å². The third-order valence-corrected chi connectivity index (χ3v) is 4.53. The highest BCUT2D eigenvalue weighted by Gasteiger charge is 2.31. The Bertz CT molecular complexity index is 829. The van der Waals surface area contributed by atoms with Gasteiger partial charge in [0.15, 0.2) is 0 Å². The Morgan fingerprint density at radius 1 is 1.20 bits per heavy atom. The van der Waals surface area contributed by atoms with Crippen LogP contribution in [0, 0.1) is 5.92 Å². The molecule has 1 aromatic carbocycles. The van der Waals surface area contributed by atoms with Crippen LogP contribution in [0.5, 0.6) is 0 Å². The van der Waals surface area contributed by atoms with Crippen molar-refractivity contribution in [3.63, 3.8) is 0 Å². The fourth-order valence-corrected chi connectivity index (χ4v) is 3.32. The van der Waals surface area contributed by atoms with Gasteiger partial charge in [-0.25, -0.2) is 9.55 Å². The van der Waals surface area contributed by atoms with Crippen LogP contribution in [0.25, 0.3) is 0 Å². The number of benzene rings is 1. The van der Waals surface area contributed by atoms with E-state index < -0.39 is 0 Å². The van der Waals surface area contributed by atoms with Crippen molar-refractivity contribution < 1.29 is 14.3 Å². The Kier molecular flexibility index (Phi) is 5.07. The molecule has 1 heterocycles. The van der Waals surface area contributed by atoms with Crippen LogP contribution in [0.2, 0.25) is 0 Å². The van der Waals surface area contributed by atoms with E-state index in [2.05, 4.69) is 4.98 Å². The molecule has 25 heavy (non-hydrogen) atoms. The molecule has 1 aliphatic carbocycles. The highest BCUT2D eigenvalue weighted by molar-refractivity contribution is 5.96. The second-order valence-electron chi connectivity index (χ2n) is 6.33. The van der Waals surface area contributed by atoms with Gasteiger partial charge in [-0.15, -0.1) is 0 Å². The maximum absolute atomic E-state index is 12.8. The summed E-state index contributed by atoms with van der Waals surface area (Å²) in [5.41, 5.74) is 0.0793. The van der Waals surface area contributed by atoms with Gasteiger partial charge >= 0.3 is 5.97 Å². The van der Waals surface area contributed by atoms with Gasteiger partial charge in [-0.05, 0) is 37.3 Å². The SMILES string of the molecule is CC(=O)OC[C@H]1CC[C@@H](c2nccc(=O)n2C(=O)c2ccccc2)C1. The van der Waals surface area contributed by atoms with Crippen molar-refractivity contribution in [3.05, 3.63) is 64.3 Å². The molecule has 0 saturated heterocycles. The van der Waals surface area contributed by atoms with Crippen molar-refractivity contribution in [3.8, 4) is 0 Å². The highest BCUT2D eigenvalue weighted by atomic mass is 16.5. The zero-order valence-electron chi connectivity index (χ0n) is 14.1. The van der Waals surface area contributed by atoms with Crippen LogP contribution in [0.3, 0.4) is 0 Å². The molecule has 3 rings (SSSR count). The Hall–Kier alpha value is -2.76. The van der Waals surface area contributed by atoms with Gasteiger partial charge in [0.1, 0.15) is 5.82 Å². The number of carbonyl (C=O) groups excluding carboxylic acids is 2. The third-order valence-electron chi connectivity index (χ3n) is 4.53. The number of hydrogen-bond donors (Lipinski definition) is 0. The summed E-state index contributed by atoms with van der Waals surface area (Å²) in [6.45, 7) is 1.76. The molecular weight excluding hydrogens is 320 g/mol. The van der Waals surface area contributed by atoms with Crippen LogP contribution in [-0.2, 0) is 9.53 Å². The molecule has 0 spiro atoms. The summed E-state index contributed by atoms with van der Waals surface area (Å²) in [5, 5.41) is 0. The van der Waals surface area contributed by atoms with Crippen molar-refractivity contribution >= 4 is 11.9 Å². The second kappa shape index (κ2) is 7.42. The van der Waals surface area contributed by atoms with Crippen molar-refractivity contribution in [2.75, 3.05) is 6.61 Å². The predicted molar refractivity (Wildman–Crippen MR) is 91.4 cm³/mol. The van der Waals surface area contributed by atoms with Gasteiger partial charge in [0, 0.05) is 30.7 Å². The van der Waals surface area contributed by atoms with E-state index in [0.717, 1.165) is 19.3 Å². The Morgan fingerprint density at radius 3 is 2.68 bits per heavy atom. The van der Waals surface area contributed by atoms with Gasteiger partial charge in [-0.2, -0.15) is 0 Å². The summed E-state index contributed by atoms with van der Waals surface area (Å²) in [6.07, 6.45) is 3.88. The Morgan fingerprint density at radius 2 is 1.96 bits per heavy atom. The third kappa shape index (κ3) is 3.84. The van der Waals surface area contributed by atoms with Crippen LogP contribution in [0.1, 0.15) is 48.3 Å². The lowest BCUT2D eigenvalue weighted by Gasteiger charge is -2.15. The molecule has 0 amide bonds. The van der Waals surface area contributed by atoms with Crippen LogP contribution in [0.4, 0.5) is 0 Å². The maximum Gasteiger partial charge on any atom is 0.302 e. The van der Waals surface area contributed by atoms with E-state index in [-0.39, 0.29) is 29.3 Å². The fraction of sp³-hybridized carbons (Fsp3) is 0.368. The summed E-state index contributed by atoms with van der Waals surface area (Å²) in [4.78, 5) is 40.4. The first kappa shape index (κ1) is 17.1. The summed E-state index contributed by atoms with van der Waals surface area (Å²) in [6, 6.07) is 10.0. The molecule has 1 fully saturated rings. The second-order valence-corrected chi connectivity index (χ2v) is 6.33. The van der Waals surface area contributed by atoms with E-state index in [1.54, 1.807) is 24.3 Å². The van der Waals surface area contributed by atoms with Crippen molar-refractivity contribution in [1.82, 2.24) is 9.55 Å². The molecule has 2 atom stereocenters. The summed E-state index contributed by atoms with van der Waals surface area (Å²) < 4.78 is 6.26. The van der Waals surface area contributed by atoms with Gasteiger partial charge in [0.25, 0.3) is 11.5 Å². The molecule has 0 radical (unpaired) electrons. The normalized spacial score (nSPS) is 19.6. The first-order chi connectivity index (χ1) is 12.1. The number of carbonyl (C=O) groups is 2. The van der Waals surface area contributed by atoms with Crippen molar-refractivity contribution in [2.24, 2.45) is 5.92 Å². The molecule has 0 N–H and O–H groups in total. The first-order valence-corrected chi connectivity index (χ1v) is 8.37. The smallest absolute Gasteiger partial charge is 0.302 e. The molecule has 1 saturated carbocycles. The molecule has 0 unspecified atom stereocenters. The summed E-state index contributed by atoms with van der Waals surface area (Å²) in [7, 11) is 0. The zero-order valence-corrected chi connectivity index (χ0v) is 14.1. The Labute approximate surface area is 145 Å². The number of nitrogens with zero attached hydrogens (tertiary/aromatic N) is 2. The van der Waals surface area contributed by atoms with Gasteiger partial charge in [-0.3, -0.25) is 14.4 Å². The highest BCUT2D eigenvalue weighted by Crippen LogP contribution is 2.37. The van der Waals surface area contributed by atoms with Crippen LogP contribution in [-0.4, -0.2) is 28.0 Å². The number of hydrogen-bond acceptors (Lipinski definition) is 5. The molecule has 0 aliphatic heterocycles. The van der Waals surface area contributed by atoms with Crippen LogP contribution in [0.15, 0.2) is 47.4 Å². The predicted octanol–water partition coefficient (Wildman–Crippen LogP) is 2.38. The van der Waals surface area contributed by atoms with E-state index in [9.17, 15) is 14.4 Å². The minimum Gasteiger partial charge on any atom is -0.466 e. The zero-order chi connectivity index (χ0) is 17.8. The molecule has 1 aliphatic rings. The van der Waals surface area contributed by atoms with Gasteiger partial charge < -0.3 is 4.74 Å². The molecule has 130 valence electrons. The maximum atomic E-state index is 12.8. The summed E-state index contributed by atoms with van der Waals surface area (Å²) in [5.74, 6) is 0.0645. The van der Waals surface area contributed by atoms with E-state index in [1.165, 1.54) is 23.8 Å². The fourth-order valence-electron chi connectivity index (χ4n) is 3.32. The van der Waals surface area contributed by atoms with Crippen molar-refractivity contribution in [2.45, 2.75) is 32.1 Å². The monoisotopic (exact) mass is 340 g/mol. The van der Waals surface area contributed by atoms with E-state index in [1.807, 2.05) is 6.07 Å². The van der Waals surface area contributed by atoms with Crippen LogP contribution < -0.4 is 5.56 Å². The molecule has 0 bridgehead atoms. The van der Waals surface area contributed by atoms with Crippen molar-refractivity contribution in [1.29, 1.82) is 0 Å². The first-order valence-electron chi connectivity index (χ1n) is 8.37. The van der Waals surface area contributed by atoms with E-state index in [4.69, 9.17) is 4.74 Å². The minimum atomic E-state index is -0.373. The van der Waals surface area contributed by atoms with Gasteiger partial charge in [0.05, 0.1) is 6.61 Å². The molecule has 2 aromatic rings. The number of rotatable bonds is 4. The minimum absolute atomic E-state index is 0.00196. The average molecular weight is 340 g/mol. The lowest BCUT2D eigenvalue weighted by Crippen LogP contribution is -2.31. The topological polar surface area (TPSA) is 78.3 Å². The lowest BCUT2D eigenvalue weighted by molar-refractivity contribution is -0.142. The number of esters is 1. The largest absolute Gasteiger partial charge is 0.466 e. The van der Waals surface area contributed by atoms with Gasteiger partial charge in [0.2, 0.25) is 0 Å². The molecule has 1 aromatic heterocycles. The quantitative estimate of drug-likeness (QED) is 0.799. The average Bonchev–Trinajstić information content (AvgIpc) is 3.09. The standard InChI is InChI=1S/C19H20N2O4/c1-13(22)25-12-14-7-8-16(11-14)18-20-10-9-17(23)21(18)19(24)15-5-3-2-4-6-15/h2-6,9-10,14,16H,7-8,11-12H2,1H3/t14-,16+/m0/s1. The van der Waals surface area contributed by atoms with Crippen LogP contribution >= 0.6 is 0 Å². The lowest BCUT2D eigenvalue weighted by atomic mass is 10.0. The van der Waals surface area contributed by atoms with Gasteiger partial charge in [-0.1, -0.05) is 18.2 Å². The number of ether oxygens (including phenoxy) is 1. The molecular formula is C19H20N2O4. The summed E-state index contributed by atoms with van der Waals surface area (Å²) >= 11 is 0. The number of aromatic nitrogens is 2.